The molecule has 2 fully saturated rings. The summed E-state index contributed by atoms with van der Waals surface area (Å²) >= 11 is 0. The third-order valence-electron chi connectivity index (χ3n) is 4.75. The lowest BCUT2D eigenvalue weighted by molar-refractivity contribution is -0.0872. The van der Waals surface area contributed by atoms with Crippen LogP contribution in [0.25, 0.3) is 0 Å². The van der Waals surface area contributed by atoms with E-state index in [9.17, 15) is 5.11 Å². The fourth-order valence-corrected chi connectivity index (χ4v) is 3.66. The highest BCUT2D eigenvalue weighted by atomic mass is 16.5. The summed E-state index contributed by atoms with van der Waals surface area (Å²) in [5, 5.41) is 14.2. The highest BCUT2D eigenvalue weighted by Crippen LogP contribution is 2.30. The Bertz CT molecular complexity index is 300. The van der Waals surface area contributed by atoms with Crippen molar-refractivity contribution in [2.24, 2.45) is 5.41 Å². The predicted molar refractivity (Wildman–Crippen MR) is 83.5 cm³/mol. The van der Waals surface area contributed by atoms with Gasteiger partial charge in [-0.3, -0.25) is 0 Å². The minimum absolute atomic E-state index is 0.185. The molecule has 0 saturated carbocycles. The second-order valence-electron chi connectivity index (χ2n) is 6.95. The van der Waals surface area contributed by atoms with Gasteiger partial charge in [0.2, 0.25) is 0 Å². The maximum Gasteiger partial charge on any atom is 0.0817 e. The van der Waals surface area contributed by atoms with Crippen molar-refractivity contribution >= 4 is 0 Å². The molecule has 0 aliphatic carbocycles. The maximum absolute atomic E-state index is 10.7. The van der Waals surface area contributed by atoms with Gasteiger partial charge < -0.3 is 24.8 Å². The quantitative estimate of drug-likeness (QED) is 0.730. The van der Waals surface area contributed by atoms with Crippen molar-refractivity contribution in [3.8, 4) is 0 Å². The van der Waals surface area contributed by atoms with Crippen molar-refractivity contribution < 1.29 is 14.6 Å². The Hall–Kier alpha value is -0.200. The van der Waals surface area contributed by atoms with Crippen LogP contribution in [0, 0.1) is 5.41 Å². The van der Waals surface area contributed by atoms with Gasteiger partial charge in [0.25, 0.3) is 0 Å². The molecule has 2 N–H and O–H groups in total. The average Bonchev–Trinajstić information content (AvgIpc) is 2.46. The smallest absolute Gasteiger partial charge is 0.0817 e. The number of aliphatic hydroxyl groups is 1. The van der Waals surface area contributed by atoms with Gasteiger partial charge in [0.15, 0.2) is 0 Å². The molecule has 0 radical (unpaired) electrons. The average molecular weight is 300 g/mol. The van der Waals surface area contributed by atoms with Crippen LogP contribution in [-0.4, -0.2) is 75.3 Å². The van der Waals surface area contributed by atoms with Gasteiger partial charge in [0.1, 0.15) is 0 Å². The van der Waals surface area contributed by atoms with E-state index < -0.39 is 5.60 Å². The monoisotopic (exact) mass is 300 g/mol. The van der Waals surface area contributed by atoms with Gasteiger partial charge in [-0.05, 0) is 26.4 Å². The van der Waals surface area contributed by atoms with Gasteiger partial charge in [-0.1, -0.05) is 6.92 Å². The van der Waals surface area contributed by atoms with Crippen LogP contribution in [-0.2, 0) is 9.47 Å². The van der Waals surface area contributed by atoms with Gasteiger partial charge in [0, 0.05) is 57.7 Å². The third-order valence-corrected chi connectivity index (χ3v) is 4.75. The van der Waals surface area contributed by atoms with Gasteiger partial charge in [0.05, 0.1) is 12.2 Å². The van der Waals surface area contributed by atoms with Crippen LogP contribution in [0.4, 0.5) is 0 Å². The van der Waals surface area contributed by atoms with Crippen LogP contribution in [0.15, 0.2) is 0 Å². The predicted octanol–water partition coefficient (Wildman–Crippen LogP) is 0.866. The fourth-order valence-electron chi connectivity index (χ4n) is 3.66. The molecule has 5 heteroatoms. The molecule has 2 heterocycles. The number of ether oxygens (including phenoxy) is 2. The molecule has 124 valence electrons. The zero-order chi connectivity index (χ0) is 15.2. The number of hydrogen-bond donors (Lipinski definition) is 2. The second-order valence-corrected chi connectivity index (χ2v) is 6.95. The molecule has 0 bridgehead atoms. The minimum Gasteiger partial charge on any atom is -0.388 e. The van der Waals surface area contributed by atoms with E-state index >= 15 is 0 Å². The number of nitrogens with one attached hydrogen (secondary N) is 1. The van der Waals surface area contributed by atoms with E-state index in [1.807, 2.05) is 0 Å². The molecule has 1 unspecified atom stereocenters. The molecular formula is C16H32N2O3. The molecule has 2 rings (SSSR count). The molecule has 5 nitrogen and oxygen atoms in total. The highest BCUT2D eigenvalue weighted by Gasteiger charge is 2.37. The molecule has 21 heavy (non-hydrogen) atoms. The molecule has 0 aromatic carbocycles. The lowest BCUT2D eigenvalue weighted by atomic mass is 9.81. The Morgan fingerprint density at radius 1 is 1.10 bits per heavy atom. The van der Waals surface area contributed by atoms with Gasteiger partial charge in [-0.2, -0.15) is 0 Å². The Labute approximate surface area is 129 Å². The zero-order valence-electron chi connectivity index (χ0n) is 13.7. The van der Waals surface area contributed by atoms with E-state index in [4.69, 9.17) is 9.47 Å². The van der Waals surface area contributed by atoms with Gasteiger partial charge in [-0.15, -0.1) is 0 Å². The second kappa shape index (κ2) is 7.88. The van der Waals surface area contributed by atoms with Gasteiger partial charge in [-0.25, -0.2) is 0 Å². The molecule has 0 spiro atoms. The molecule has 0 aromatic rings. The number of hydrogen-bond acceptors (Lipinski definition) is 5. The van der Waals surface area contributed by atoms with E-state index in [1.54, 1.807) is 0 Å². The van der Waals surface area contributed by atoms with Crippen molar-refractivity contribution in [3.05, 3.63) is 0 Å². The zero-order valence-corrected chi connectivity index (χ0v) is 13.7. The third kappa shape index (κ3) is 5.18. The van der Waals surface area contributed by atoms with E-state index in [0.717, 1.165) is 58.7 Å². The summed E-state index contributed by atoms with van der Waals surface area (Å²) in [5.41, 5.74) is -0.396. The normalized spacial score (nSPS) is 29.7. The largest absolute Gasteiger partial charge is 0.388 e. The number of likely N-dealkylation sites (N-methyl/N-ethyl adjacent to an activating group) is 1. The Kier molecular flexibility index (Phi) is 6.44. The number of rotatable bonds is 7. The topological polar surface area (TPSA) is 54.0 Å². The summed E-state index contributed by atoms with van der Waals surface area (Å²) in [6.45, 7) is 8.90. The van der Waals surface area contributed by atoms with Gasteiger partial charge >= 0.3 is 0 Å². The molecule has 1 atom stereocenters. The Balaban J connectivity index is 1.89. The fraction of sp³-hybridized carbons (Fsp3) is 1.00. The number of nitrogens with zero attached hydrogens (tertiary/aromatic N) is 1. The molecule has 2 aliphatic rings. The van der Waals surface area contributed by atoms with Crippen molar-refractivity contribution in [1.82, 2.24) is 10.2 Å². The molecule has 0 amide bonds. The molecule has 2 saturated heterocycles. The summed E-state index contributed by atoms with van der Waals surface area (Å²) in [6, 6.07) is 0. The van der Waals surface area contributed by atoms with E-state index in [1.165, 1.54) is 6.42 Å². The van der Waals surface area contributed by atoms with Crippen LogP contribution in [0.5, 0.6) is 0 Å². The van der Waals surface area contributed by atoms with Crippen LogP contribution < -0.4 is 5.32 Å². The van der Waals surface area contributed by atoms with Crippen LogP contribution in [0.1, 0.15) is 32.6 Å². The van der Waals surface area contributed by atoms with Crippen molar-refractivity contribution in [2.75, 3.05) is 59.7 Å². The molecule has 0 aromatic heterocycles. The van der Waals surface area contributed by atoms with Crippen molar-refractivity contribution in [1.29, 1.82) is 0 Å². The van der Waals surface area contributed by atoms with Crippen molar-refractivity contribution in [2.45, 2.75) is 38.2 Å². The first-order valence-corrected chi connectivity index (χ1v) is 8.35. The highest BCUT2D eigenvalue weighted by molar-refractivity contribution is 4.90. The Morgan fingerprint density at radius 3 is 2.48 bits per heavy atom. The van der Waals surface area contributed by atoms with Crippen LogP contribution >= 0.6 is 0 Å². The molecular weight excluding hydrogens is 268 g/mol. The standard InChI is InChI=1S/C16H32N2O3/c1-3-17-11-15(5-4-8-21-14-15)12-18(2)13-16(19)6-9-20-10-7-16/h17,19H,3-14H2,1-2H3. The first-order chi connectivity index (χ1) is 10.1. The van der Waals surface area contributed by atoms with E-state index in [2.05, 4.69) is 24.2 Å². The first-order valence-electron chi connectivity index (χ1n) is 8.35. The summed E-state index contributed by atoms with van der Waals surface area (Å²) in [6.07, 6.45) is 3.82. The summed E-state index contributed by atoms with van der Waals surface area (Å²) in [5.74, 6) is 0. The molecule has 2 aliphatic heterocycles. The lowest BCUT2D eigenvalue weighted by Crippen LogP contribution is -2.52. The minimum atomic E-state index is -0.581. The van der Waals surface area contributed by atoms with Crippen LogP contribution in [0.2, 0.25) is 0 Å². The Morgan fingerprint density at radius 2 is 1.86 bits per heavy atom. The van der Waals surface area contributed by atoms with Crippen LogP contribution in [0.3, 0.4) is 0 Å². The van der Waals surface area contributed by atoms with E-state index in [-0.39, 0.29) is 5.41 Å². The summed E-state index contributed by atoms with van der Waals surface area (Å²) in [7, 11) is 2.12. The summed E-state index contributed by atoms with van der Waals surface area (Å²) < 4.78 is 11.1. The first kappa shape index (κ1) is 17.2. The maximum atomic E-state index is 10.7. The lowest BCUT2D eigenvalue weighted by Gasteiger charge is -2.42. The van der Waals surface area contributed by atoms with Crippen molar-refractivity contribution in [3.63, 3.8) is 0 Å². The van der Waals surface area contributed by atoms with E-state index in [0.29, 0.717) is 13.2 Å². The summed E-state index contributed by atoms with van der Waals surface area (Å²) in [4.78, 5) is 2.29. The SMILES string of the molecule is CCNCC1(CN(C)CC2(O)CCOCC2)CCCOC1.